The Balaban J connectivity index is 1.47. The van der Waals surface area contributed by atoms with Gasteiger partial charge < -0.3 is 4.74 Å². The highest BCUT2D eigenvalue weighted by Gasteiger charge is 2.13. The predicted molar refractivity (Wildman–Crippen MR) is 118 cm³/mol. The van der Waals surface area contributed by atoms with Gasteiger partial charge in [0.2, 0.25) is 0 Å². The molecule has 3 heteroatoms. The van der Waals surface area contributed by atoms with Crippen LogP contribution >= 0.6 is 11.8 Å². The van der Waals surface area contributed by atoms with Gasteiger partial charge in [-0.1, -0.05) is 96.7 Å². The second kappa shape index (κ2) is 9.26. The van der Waals surface area contributed by atoms with Crippen molar-refractivity contribution in [1.82, 2.24) is 0 Å². The molecular formula is C26H20O2S. The summed E-state index contributed by atoms with van der Waals surface area (Å²) in [4.78, 5) is 14.6. The Hall–Kier alpha value is -3.30. The molecule has 0 amide bonds. The summed E-state index contributed by atoms with van der Waals surface area (Å²) in [6.07, 6.45) is 0. The summed E-state index contributed by atoms with van der Waals surface area (Å²) in [6.45, 7) is 0.268. The average Bonchev–Trinajstić information content (AvgIpc) is 2.80. The van der Waals surface area contributed by atoms with Crippen LogP contribution in [0.1, 0.15) is 15.9 Å². The third-order valence-corrected chi connectivity index (χ3v) is 5.59. The standard InChI is InChI=1S/C26H20O2S/c27-26(28-19-20-9-3-1-4-10-20)24-13-7-8-14-25(24)29-23-17-15-22(16-18-23)21-11-5-2-6-12-21/h1-18H,19H2. The monoisotopic (exact) mass is 396 g/mol. The zero-order valence-electron chi connectivity index (χ0n) is 15.8. The molecule has 29 heavy (non-hydrogen) atoms. The maximum Gasteiger partial charge on any atom is 0.339 e. The normalized spacial score (nSPS) is 10.5. The van der Waals surface area contributed by atoms with Crippen molar-refractivity contribution < 1.29 is 9.53 Å². The summed E-state index contributed by atoms with van der Waals surface area (Å²) >= 11 is 1.57. The summed E-state index contributed by atoms with van der Waals surface area (Å²) in [7, 11) is 0. The fourth-order valence-electron chi connectivity index (χ4n) is 3.00. The van der Waals surface area contributed by atoms with Crippen molar-refractivity contribution in [3.05, 3.63) is 120 Å². The number of benzene rings is 4. The first-order valence-electron chi connectivity index (χ1n) is 9.43. The summed E-state index contributed by atoms with van der Waals surface area (Å²) < 4.78 is 5.52. The van der Waals surface area contributed by atoms with Gasteiger partial charge in [0.1, 0.15) is 6.61 Å². The van der Waals surface area contributed by atoms with Crippen molar-refractivity contribution in [2.75, 3.05) is 0 Å². The van der Waals surface area contributed by atoms with Crippen molar-refractivity contribution in [2.45, 2.75) is 16.4 Å². The van der Waals surface area contributed by atoms with E-state index in [-0.39, 0.29) is 12.6 Å². The minimum absolute atomic E-state index is 0.268. The molecule has 0 N–H and O–H groups in total. The summed E-state index contributed by atoms with van der Waals surface area (Å²) in [5.74, 6) is -0.308. The largest absolute Gasteiger partial charge is 0.457 e. The number of rotatable bonds is 6. The molecule has 4 aromatic carbocycles. The Morgan fingerprint density at radius 2 is 1.24 bits per heavy atom. The van der Waals surface area contributed by atoms with E-state index in [0.29, 0.717) is 5.56 Å². The molecule has 2 nitrogen and oxygen atoms in total. The van der Waals surface area contributed by atoms with E-state index in [0.717, 1.165) is 15.4 Å². The molecule has 142 valence electrons. The van der Waals surface area contributed by atoms with E-state index in [4.69, 9.17) is 4.74 Å². The lowest BCUT2D eigenvalue weighted by atomic mass is 10.1. The smallest absolute Gasteiger partial charge is 0.339 e. The van der Waals surface area contributed by atoms with E-state index in [1.54, 1.807) is 11.8 Å². The average molecular weight is 397 g/mol. The Morgan fingerprint density at radius 1 is 0.655 bits per heavy atom. The molecular weight excluding hydrogens is 376 g/mol. The topological polar surface area (TPSA) is 26.3 Å². The van der Waals surface area contributed by atoms with E-state index < -0.39 is 0 Å². The Labute approximate surface area is 175 Å². The van der Waals surface area contributed by atoms with E-state index in [2.05, 4.69) is 36.4 Å². The highest BCUT2D eigenvalue weighted by Crippen LogP contribution is 2.32. The van der Waals surface area contributed by atoms with E-state index in [1.807, 2.05) is 72.8 Å². The number of esters is 1. The summed E-state index contributed by atoms with van der Waals surface area (Å²) in [6, 6.07) is 35.9. The van der Waals surface area contributed by atoms with Crippen LogP contribution in [0.5, 0.6) is 0 Å². The van der Waals surface area contributed by atoms with Crippen molar-refractivity contribution in [2.24, 2.45) is 0 Å². The molecule has 0 aliphatic carbocycles. The minimum Gasteiger partial charge on any atom is -0.457 e. The first kappa shape index (κ1) is 19.0. The zero-order chi connectivity index (χ0) is 19.9. The maximum absolute atomic E-state index is 12.6. The van der Waals surface area contributed by atoms with E-state index in [1.165, 1.54) is 11.1 Å². The van der Waals surface area contributed by atoms with Gasteiger partial charge in [-0.05, 0) is 41.0 Å². The van der Waals surface area contributed by atoms with Crippen LogP contribution in [0, 0.1) is 0 Å². The molecule has 0 bridgehead atoms. The minimum atomic E-state index is -0.308. The molecule has 0 radical (unpaired) electrons. The van der Waals surface area contributed by atoms with Crippen LogP contribution in [0.2, 0.25) is 0 Å². The number of carbonyl (C=O) groups excluding carboxylic acids is 1. The van der Waals surface area contributed by atoms with Gasteiger partial charge in [-0.2, -0.15) is 0 Å². The molecule has 0 aromatic heterocycles. The third kappa shape index (κ3) is 4.95. The molecule has 0 aliphatic rings. The highest BCUT2D eigenvalue weighted by molar-refractivity contribution is 7.99. The van der Waals surface area contributed by atoms with Crippen molar-refractivity contribution in [3.63, 3.8) is 0 Å². The molecule has 0 fully saturated rings. The van der Waals surface area contributed by atoms with Crippen LogP contribution < -0.4 is 0 Å². The molecule has 0 atom stereocenters. The predicted octanol–water partition coefficient (Wildman–Crippen LogP) is 6.86. The summed E-state index contributed by atoms with van der Waals surface area (Å²) in [5, 5.41) is 0. The fraction of sp³-hybridized carbons (Fsp3) is 0.0385. The second-order valence-electron chi connectivity index (χ2n) is 6.55. The Bertz CT molecular complexity index is 1070. The van der Waals surface area contributed by atoms with Gasteiger partial charge in [0.05, 0.1) is 5.56 Å². The van der Waals surface area contributed by atoms with Crippen LogP contribution in [0.15, 0.2) is 119 Å². The van der Waals surface area contributed by atoms with Crippen LogP contribution in [-0.4, -0.2) is 5.97 Å². The Kier molecular flexibility index (Phi) is 6.08. The Morgan fingerprint density at radius 3 is 1.97 bits per heavy atom. The van der Waals surface area contributed by atoms with Crippen LogP contribution in [-0.2, 0) is 11.3 Å². The molecule has 4 rings (SSSR count). The quantitative estimate of drug-likeness (QED) is 0.333. The van der Waals surface area contributed by atoms with Crippen molar-refractivity contribution >= 4 is 17.7 Å². The van der Waals surface area contributed by atoms with Gasteiger partial charge in [-0.3, -0.25) is 0 Å². The SMILES string of the molecule is O=C(OCc1ccccc1)c1ccccc1Sc1ccc(-c2ccccc2)cc1. The van der Waals surface area contributed by atoms with E-state index >= 15 is 0 Å². The number of hydrogen-bond acceptors (Lipinski definition) is 3. The molecule has 0 saturated carbocycles. The van der Waals surface area contributed by atoms with Crippen LogP contribution in [0.4, 0.5) is 0 Å². The summed E-state index contributed by atoms with van der Waals surface area (Å²) in [5.41, 5.74) is 3.92. The van der Waals surface area contributed by atoms with Gasteiger partial charge in [0, 0.05) is 9.79 Å². The number of carbonyl (C=O) groups is 1. The third-order valence-electron chi connectivity index (χ3n) is 4.51. The lowest BCUT2D eigenvalue weighted by Crippen LogP contribution is -2.06. The maximum atomic E-state index is 12.6. The molecule has 4 aromatic rings. The van der Waals surface area contributed by atoms with Gasteiger partial charge >= 0.3 is 5.97 Å². The first-order valence-corrected chi connectivity index (χ1v) is 10.2. The lowest BCUT2D eigenvalue weighted by Gasteiger charge is -2.10. The van der Waals surface area contributed by atoms with Crippen LogP contribution in [0.25, 0.3) is 11.1 Å². The fourth-order valence-corrected chi connectivity index (χ4v) is 3.93. The number of hydrogen-bond donors (Lipinski definition) is 0. The van der Waals surface area contributed by atoms with Gasteiger partial charge in [0.25, 0.3) is 0 Å². The zero-order valence-corrected chi connectivity index (χ0v) is 16.6. The van der Waals surface area contributed by atoms with Crippen molar-refractivity contribution in [3.8, 4) is 11.1 Å². The van der Waals surface area contributed by atoms with Crippen LogP contribution in [0.3, 0.4) is 0 Å². The van der Waals surface area contributed by atoms with Crippen molar-refractivity contribution in [1.29, 1.82) is 0 Å². The molecule has 0 saturated heterocycles. The van der Waals surface area contributed by atoms with Gasteiger partial charge in [-0.25, -0.2) is 4.79 Å². The van der Waals surface area contributed by atoms with Gasteiger partial charge in [-0.15, -0.1) is 0 Å². The van der Waals surface area contributed by atoms with E-state index in [9.17, 15) is 4.79 Å². The first-order chi connectivity index (χ1) is 14.3. The molecule has 0 heterocycles. The number of ether oxygens (including phenoxy) is 1. The second-order valence-corrected chi connectivity index (χ2v) is 7.67. The van der Waals surface area contributed by atoms with Gasteiger partial charge in [0.15, 0.2) is 0 Å². The lowest BCUT2D eigenvalue weighted by molar-refractivity contribution is 0.0468. The molecule has 0 unspecified atom stereocenters. The molecule has 0 spiro atoms. The highest BCUT2D eigenvalue weighted by atomic mass is 32.2. The molecule has 0 aliphatic heterocycles.